The van der Waals surface area contributed by atoms with E-state index < -0.39 is 15.8 Å². The Morgan fingerprint density at radius 3 is 2.48 bits per heavy atom. The number of amides is 1. The monoisotopic (exact) mass is 390 g/mol. The maximum Gasteiger partial charge on any atom is 0.228 e. The molecule has 3 rings (SSSR count). The normalized spacial score (nSPS) is 18.2. The van der Waals surface area contributed by atoms with Crippen molar-refractivity contribution in [1.29, 1.82) is 0 Å². The largest absolute Gasteiger partial charge is 0.326 e. The van der Waals surface area contributed by atoms with Gasteiger partial charge in [-0.2, -0.15) is 0 Å². The van der Waals surface area contributed by atoms with Crippen LogP contribution in [0.4, 0.5) is 10.1 Å². The van der Waals surface area contributed by atoms with Crippen molar-refractivity contribution >= 4 is 21.6 Å². The second kappa shape index (κ2) is 8.19. The molecule has 1 aliphatic heterocycles. The lowest BCUT2D eigenvalue weighted by atomic mass is 9.98. The first-order valence-corrected chi connectivity index (χ1v) is 10.5. The lowest BCUT2D eigenvalue weighted by Gasteiger charge is -2.31. The van der Waals surface area contributed by atoms with Crippen LogP contribution in [0.2, 0.25) is 0 Å². The molecule has 1 unspecified atom stereocenters. The molecule has 7 heteroatoms. The van der Waals surface area contributed by atoms with E-state index in [1.165, 1.54) is 28.6 Å². The molecule has 2 aromatic rings. The predicted octanol–water partition coefficient (Wildman–Crippen LogP) is 3.31. The third kappa shape index (κ3) is 5.14. The molecule has 2 aromatic carbocycles. The Morgan fingerprint density at radius 2 is 1.81 bits per heavy atom. The number of hydrogen-bond acceptors (Lipinski definition) is 3. The summed E-state index contributed by atoms with van der Waals surface area (Å²) in [6, 6.07) is 12.9. The average molecular weight is 390 g/mol. The second-order valence-electron chi connectivity index (χ2n) is 6.94. The molecule has 144 valence electrons. The van der Waals surface area contributed by atoms with Crippen molar-refractivity contribution in [2.24, 2.45) is 5.92 Å². The van der Waals surface area contributed by atoms with E-state index in [-0.39, 0.29) is 24.1 Å². The Balaban J connectivity index is 1.64. The minimum atomic E-state index is -3.56. The Kier molecular flexibility index (Phi) is 5.92. The standard InChI is InChI=1S/C20H23FN2O3S/c1-15-4-10-19(11-5-15)22-20(24)17-3-2-12-23(13-17)27(25,26)14-16-6-8-18(21)9-7-16/h4-11,17H,2-3,12-14H2,1H3,(H,22,24). The molecular formula is C20H23FN2O3S. The van der Waals surface area contributed by atoms with Crippen LogP contribution in [0.1, 0.15) is 24.0 Å². The predicted molar refractivity (Wildman–Crippen MR) is 103 cm³/mol. The zero-order valence-electron chi connectivity index (χ0n) is 15.2. The molecule has 0 saturated carbocycles. The van der Waals surface area contributed by atoms with Gasteiger partial charge in [-0.1, -0.05) is 29.8 Å². The fourth-order valence-corrected chi connectivity index (χ4v) is 4.78. The smallest absolute Gasteiger partial charge is 0.228 e. The summed E-state index contributed by atoms with van der Waals surface area (Å²) in [5, 5.41) is 2.86. The molecule has 1 saturated heterocycles. The van der Waals surface area contributed by atoms with Gasteiger partial charge in [-0.05, 0) is 49.6 Å². The lowest BCUT2D eigenvalue weighted by molar-refractivity contribution is -0.120. The number of nitrogens with one attached hydrogen (secondary N) is 1. The number of benzene rings is 2. The zero-order valence-corrected chi connectivity index (χ0v) is 16.0. The van der Waals surface area contributed by atoms with Crippen molar-refractivity contribution in [2.75, 3.05) is 18.4 Å². The third-order valence-electron chi connectivity index (χ3n) is 4.73. The maximum atomic E-state index is 13.0. The summed E-state index contributed by atoms with van der Waals surface area (Å²) in [7, 11) is -3.56. The molecule has 5 nitrogen and oxygen atoms in total. The average Bonchev–Trinajstić information content (AvgIpc) is 2.65. The van der Waals surface area contributed by atoms with E-state index in [1.807, 2.05) is 31.2 Å². The van der Waals surface area contributed by atoms with Gasteiger partial charge in [-0.3, -0.25) is 4.79 Å². The van der Waals surface area contributed by atoms with Crippen LogP contribution < -0.4 is 5.32 Å². The molecule has 1 aliphatic rings. The van der Waals surface area contributed by atoms with E-state index in [2.05, 4.69) is 5.32 Å². The van der Waals surface area contributed by atoms with E-state index in [1.54, 1.807) is 0 Å². The number of carbonyl (C=O) groups is 1. The number of nitrogens with zero attached hydrogens (tertiary/aromatic N) is 1. The van der Waals surface area contributed by atoms with Crippen LogP contribution in [0.5, 0.6) is 0 Å². The fourth-order valence-electron chi connectivity index (χ4n) is 3.17. The molecule has 0 radical (unpaired) electrons. The first kappa shape index (κ1) is 19.5. The van der Waals surface area contributed by atoms with Gasteiger partial charge in [0.25, 0.3) is 0 Å². The topological polar surface area (TPSA) is 66.5 Å². The number of sulfonamides is 1. The molecule has 27 heavy (non-hydrogen) atoms. The van der Waals surface area contributed by atoms with Gasteiger partial charge in [-0.15, -0.1) is 0 Å². The zero-order chi connectivity index (χ0) is 19.4. The number of aryl methyl sites for hydroxylation is 1. The fraction of sp³-hybridized carbons (Fsp3) is 0.350. The van der Waals surface area contributed by atoms with Crippen LogP contribution in [-0.4, -0.2) is 31.7 Å². The number of anilines is 1. The van der Waals surface area contributed by atoms with Gasteiger partial charge >= 0.3 is 0 Å². The number of rotatable bonds is 5. The summed E-state index contributed by atoms with van der Waals surface area (Å²) in [5.41, 5.74) is 2.34. The summed E-state index contributed by atoms with van der Waals surface area (Å²) in [4.78, 5) is 12.5. The summed E-state index contributed by atoms with van der Waals surface area (Å²) < 4.78 is 39.8. The number of halogens is 1. The van der Waals surface area contributed by atoms with Crippen LogP contribution in [0, 0.1) is 18.7 Å². The second-order valence-corrected chi connectivity index (χ2v) is 8.90. The maximum absolute atomic E-state index is 13.0. The highest BCUT2D eigenvalue weighted by atomic mass is 32.2. The van der Waals surface area contributed by atoms with Crippen LogP contribution in [0.15, 0.2) is 48.5 Å². The van der Waals surface area contributed by atoms with Crippen molar-refractivity contribution in [2.45, 2.75) is 25.5 Å². The van der Waals surface area contributed by atoms with Crippen LogP contribution in [0.25, 0.3) is 0 Å². The number of carbonyl (C=O) groups excluding carboxylic acids is 1. The Hall–Kier alpha value is -2.25. The molecule has 1 atom stereocenters. The minimum Gasteiger partial charge on any atom is -0.326 e. The van der Waals surface area contributed by atoms with Crippen molar-refractivity contribution < 1.29 is 17.6 Å². The summed E-state index contributed by atoms with van der Waals surface area (Å²) in [5.74, 6) is -1.15. The third-order valence-corrected chi connectivity index (χ3v) is 6.55. The van der Waals surface area contributed by atoms with Gasteiger partial charge in [0.1, 0.15) is 5.82 Å². The highest BCUT2D eigenvalue weighted by Gasteiger charge is 2.32. The first-order valence-electron chi connectivity index (χ1n) is 8.93. The van der Waals surface area contributed by atoms with Gasteiger partial charge in [0.15, 0.2) is 0 Å². The molecule has 1 amide bonds. The van der Waals surface area contributed by atoms with Gasteiger partial charge in [0.05, 0.1) is 11.7 Å². The summed E-state index contributed by atoms with van der Waals surface area (Å²) in [6.07, 6.45) is 1.29. The van der Waals surface area contributed by atoms with Gasteiger partial charge in [0, 0.05) is 18.8 Å². The molecule has 0 spiro atoms. The lowest BCUT2D eigenvalue weighted by Crippen LogP contribution is -2.44. The highest BCUT2D eigenvalue weighted by molar-refractivity contribution is 7.88. The van der Waals surface area contributed by atoms with E-state index >= 15 is 0 Å². The van der Waals surface area contributed by atoms with E-state index in [9.17, 15) is 17.6 Å². The summed E-state index contributed by atoms with van der Waals surface area (Å²) >= 11 is 0. The van der Waals surface area contributed by atoms with E-state index in [4.69, 9.17) is 0 Å². The number of piperidine rings is 1. The Labute approximate surface area is 159 Å². The van der Waals surface area contributed by atoms with E-state index in [0.29, 0.717) is 30.6 Å². The van der Waals surface area contributed by atoms with Crippen LogP contribution in [0.3, 0.4) is 0 Å². The van der Waals surface area contributed by atoms with Gasteiger partial charge < -0.3 is 5.32 Å². The molecule has 1 fully saturated rings. The molecule has 0 aliphatic carbocycles. The number of hydrogen-bond donors (Lipinski definition) is 1. The first-order chi connectivity index (χ1) is 12.8. The molecule has 1 N–H and O–H groups in total. The van der Waals surface area contributed by atoms with E-state index in [0.717, 1.165) is 5.56 Å². The van der Waals surface area contributed by atoms with Crippen LogP contribution >= 0.6 is 0 Å². The minimum absolute atomic E-state index is 0.166. The summed E-state index contributed by atoms with van der Waals surface area (Å²) in [6.45, 7) is 2.54. The van der Waals surface area contributed by atoms with Crippen molar-refractivity contribution in [1.82, 2.24) is 4.31 Å². The van der Waals surface area contributed by atoms with Crippen molar-refractivity contribution in [3.8, 4) is 0 Å². The molecule has 0 bridgehead atoms. The van der Waals surface area contributed by atoms with Crippen molar-refractivity contribution in [3.63, 3.8) is 0 Å². The Bertz CT molecular complexity index is 896. The quantitative estimate of drug-likeness (QED) is 0.852. The van der Waals surface area contributed by atoms with Crippen molar-refractivity contribution in [3.05, 3.63) is 65.5 Å². The molecular weight excluding hydrogens is 367 g/mol. The van der Waals surface area contributed by atoms with Gasteiger partial charge in [0.2, 0.25) is 15.9 Å². The molecule has 1 heterocycles. The molecule has 0 aromatic heterocycles. The van der Waals surface area contributed by atoms with Gasteiger partial charge in [-0.25, -0.2) is 17.1 Å². The Morgan fingerprint density at radius 1 is 1.15 bits per heavy atom. The SMILES string of the molecule is Cc1ccc(NC(=O)C2CCCN(S(=O)(=O)Cc3ccc(F)cc3)C2)cc1. The van der Waals surface area contributed by atoms with Crippen LogP contribution in [-0.2, 0) is 20.6 Å². The highest BCUT2D eigenvalue weighted by Crippen LogP contribution is 2.23.